The van der Waals surface area contributed by atoms with Gasteiger partial charge in [-0.2, -0.15) is 0 Å². The molecule has 0 bridgehead atoms. The standard InChI is InChI=1S/C9H20N2O3/c1-7(2)6-8(10)9(12)11-14-5-4-13-3/h7-8H,4-6,10H2,1-3H3,(H,11,12)/t8-/m0/s1. The van der Waals surface area contributed by atoms with Gasteiger partial charge in [-0.3, -0.25) is 9.63 Å². The zero-order valence-corrected chi connectivity index (χ0v) is 9.08. The number of methoxy groups -OCH3 is 1. The first kappa shape index (κ1) is 13.4. The van der Waals surface area contributed by atoms with Crippen LogP contribution in [0.15, 0.2) is 0 Å². The molecule has 0 aliphatic rings. The molecule has 3 N–H and O–H groups in total. The summed E-state index contributed by atoms with van der Waals surface area (Å²) in [6, 6.07) is -0.502. The Labute approximate surface area is 84.9 Å². The lowest BCUT2D eigenvalue weighted by Gasteiger charge is -2.13. The molecule has 14 heavy (non-hydrogen) atoms. The van der Waals surface area contributed by atoms with Crippen LogP contribution in [0.4, 0.5) is 0 Å². The minimum absolute atomic E-state index is 0.283. The topological polar surface area (TPSA) is 73.6 Å². The molecule has 1 amide bonds. The van der Waals surface area contributed by atoms with Crippen molar-refractivity contribution in [3.63, 3.8) is 0 Å². The van der Waals surface area contributed by atoms with Gasteiger partial charge in [-0.15, -0.1) is 0 Å². The molecule has 0 saturated heterocycles. The van der Waals surface area contributed by atoms with Crippen molar-refractivity contribution in [3.8, 4) is 0 Å². The number of ether oxygens (including phenoxy) is 1. The fourth-order valence-corrected chi connectivity index (χ4v) is 0.938. The van der Waals surface area contributed by atoms with Crippen molar-refractivity contribution in [2.75, 3.05) is 20.3 Å². The second-order valence-electron chi connectivity index (χ2n) is 3.54. The van der Waals surface area contributed by atoms with Gasteiger partial charge in [0, 0.05) is 7.11 Å². The molecule has 0 aromatic heterocycles. The molecule has 0 aliphatic heterocycles. The summed E-state index contributed by atoms with van der Waals surface area (Å²) in [7, 11) is 1.57. The number of carbonyl (C=O) groups is 1. The monoisotopic (exact) mass is 204 g/mol. The van der Waals surface area contributed by atoms with Crippen LogP contribution in [0.5, 0.6) is 0 Å². The Morgan fingerprint density at radius 1 is 1.43 bits per heavy atom. The van der Waals surface area contributed by atoms with E-state index in [2.05, 4.69) is 5.48 Å². The average Bonchev–Trinajstić information content (AvgIpc) is 2.11. The van der Waals surface area contributed by atoms with Gasteiger partial charge in [0.15, 0.2) is 0 Å². The molecule has 0 heterocycles. The van der Waals surface area contributed by atoms with E-state index in [1.165, 1.54) is 0 Å². The zero-order chi connectivity index (χ0) is 11.0. The van der Waals surface area contributed by atoms with Crippen LogP contribution in [0.2, 0.25) is 0 Å². The van der Waals surface area contributed by atoms with Crippen molar-refractivity contribution in [1.29, 1.82) is 0 Å². The molecule has 5 heteroatoms. The smallest absolute Gasteiger partial charge is 0.260 e. The fraction of sp³-hybridized carbons (Fsp3) is 0.889. The highest BCUT2D eigenvalue weighted by atomic mass is 16.7. The molecule has 0 aromatic carbocycles. The van der Waals surface area contributed by atoms with Gasteiger partial charge in [-0.05, 0) is 12.3 Å². The molecule has 0 unspecified atom stereocenters. The highest BCUT2D eigenvalue weighted by Crippen LogP contribution is 2.02. The lowest BCUT2D eigenvalue weighted by molar-refractivity contribution is -0.136. The predicted molar refractivity (Wildman–Crippen MR) is 53.4 cm³/mol. The number of hydrogen-bond acceptors (Lipinski definition) is 4. The first-order valence-electron chi connectivity index (χ1n) is 4.74. The Kier molecular flexibility index (Phi) is 7.37. The van der Waals surface area contributed by atoms with E-state index in [4.69, 9.17) is 15.3 Å². The minimum atomic E-state index is -0.502. The van der Waals surface area contributed by atoms with Crippen molar-refractivity contribution in [1.82, 2.24) is 5.48 Å². The molecule has 5 nitrogen and oxygen atoms in total. The number of nitrogens with one attached hydrogen (secondary N) is 1. The van der Waals surface area contributed by atoms with Gasteiger partial charge in [0.05, 0.1) is 19.3 Å². The summed E-state index contributed by atoms with van der Waals surface area (Å²) in [5, 5.41) is 0. The summed E-state index contributed by atoms with van der Waals surface area (Å²) in [6.07, 6.45) is 0.652. The predicted octanol–water partition coefficient (Wildman–Crippen LogP) is 0.0540. The number of nitrogens with two attached hydrogens (primary N) is 1. The number of hydroxylamine groups is 1. The van der Waals surface area contributed by atoms with Crippen LogP contribution in [0.1, 0.15) is 20.3 Å². The zero-order valence-electron chi connectivity index (χ0n) is 9.08. The van der Waals surface area contributed by atoms with Gasteiger partial charge in [-0.25, -0.2) is 5.48 Å². The summed E-state index contributed by atoms with van der Waals surface area (Å²) >= 11 is 0. The molecule has 0 spiro atoms. The molecular formula is C9H20N2O3. The fourth-order valence-electron chi connectivity index (χ4n) is 0.938. The molecule has 84 valence electrons. The van der Waals surface area contributed by atoms with E-state index in [0.29, 0.717) is 25.6 Å². The van der Waals surface area contributed by atoms with Gasteiger partial charge >= 0.3 is 0 Å². The summed E-state index contributed by atoms with van der Waals surface area (Å²) < 4.78 is 4.74. The quantitative estimate of drug-likeness (QED) is 0.454. The van der Waals surface area contributed by atoms with Crippen LogP contribution in [-0.4, -0.2) is 32.3 Å². The lowest BCUT2D eigenvalue weighted by Crippen LogP contribution is -2.41. The molecule has 0 fully saturated rings. The molecule has 1 atom stereocenters. The van der Waals surface area contributed by atoms with Crippen LogP contribution in [0.25, 0.3) is 0 Å². The Hall–Kier alpha value is -0.650. The number of rotatable bonds is 7. The first-order chi connectivity index (χ1) is 6.57. The third-order valence-corrected chi connectivity index (χ3v) is 1.62. The minimum Gasteiger partial charge on any atom is -0.382 e. The summed E-state index contributed by atoms with van der Waals surface area (Å²) in [5.74, 6) is 0.115. The SMILES string of the molecule is COCCONC(=O)[C@@H](N)CC(C)C. The van der Waals surface area contributed by atoms with Gasteiger partial charge < -0.3 is 10.5 Å². The first-order valence-corrected chi connectivity index (χ1v) is 4.74. The van der Waals surface area contributed by atoms with Gasteiger partial charge in [0.1, 0.15) is 0 Å². The lowest BCUT2D eigenvalue weighted by atomic mass is 10.0. The van der Waals surface area contributed by atoms with Crippen LogP contribution in [0, 0.1) is 5.92 Å². The van der Waals surface area contributed by atoms with E-state index in [-0.39, 0.29) is 5.91 Å². The van der Waals surface area contributed by atoms with Crippen molar-refractivity contribution in [3.05, 3.63) is 0 Å². The highest BCUT2D eigenvalue weighted by Gasteiger charge is 2.14. The number of hydrogen-bond donors (Lipinski definition) is 2. The maximum absolute atomic E-state index is 11.2. The second kappa shape index (κ2) is 7.73. The largest absolute Gasteiger partial charge is 0.382 e. The molecule has 0 radical (unpaired) electrons. The molecule has 0 aliphatic carbocycles. The Morgan fingerprint density at radius 2 is 2.07 bits per heavy atom. The molecular weight excluding hydrogens is 184 g/mol. The average molecular weight is 204 g/mol. The second-order valence-corrected chi connectivity index (χ2v) is 3.54. The Bertz CT molecular complexity index is 162. The third kappa shape index (κ3) is 6.82. The molecule has 0 aromatic rings. The maximum atomic E-state index is 11.2. The Morgan fingerprint density at radius 3 is 2.57 bits per heavy atom. The van der Waals surface area contributed by atoms with Crippen LogP contribution >= 0.6 is 0 Å². The number of carbonyl (C=O) groups excluding carboxylic acids is 1. The van der Waals surface area contributed by atoms with E-state index in [1.807, 2.05) is 13.8 Å². The summed E-state index contributed by atoms with van der Waals surface area (Å²) in [5.41, 5.74) is 7.89. The third-order valence-electron chi connectivity index (χ3n) is 1.62. The van der Waals surface area contributed by atoms with E-state index in [1.54, 1.807) is 7.11 Å². The van der Waals surface area contributed by atoms with Gasteiger partial charge in [-0.1, -0.05) is 13.8 Å². The highest BCUT2D eigenvalue weighted by molar-refractivity contribution is 5.80. The van der Waals surface area contributed by atoms with E-state index in [0.717, 1.165) is 0 Å². The van der Waals surface area contributed by atoms with Crippen molar-refractivity contribution in [2.24, 2.45) is 11.7 Å². The summed E-state index contributed by atoms with van der Waals surface area (Å²) in [6.45, 7) is 4.80. The normalized spacial score (nSPS) is 12.9. The van der Waals surface area contributed by atoms with E-state index < -0.39 is 6.04 Å². The molecule has 0 saturated carbocycles. The molecule has 0 rings (SSSR count). The maximum Gasteiger partial charge on any atom is 0.260 e. The van der Waals surface area contributed by atoms with E-state index >= 15 is 0 Å². The van der Waals surface area contributed by atoms with E-state index in [9.17, 15) is 4.79 Å². The van der Waals surface area contributed by atoms with Crippen LogP contribution < -0.4 is 11.2 Å². The van der Waals surface area contributed by atoms with Crippen molar-refractivity contribution >= 4 is 5.91 Å². The van der Waals surface area contributed by atoms with Crippen LogP contribution in [-0.2, 0) is 14.4 Å². The van der Waals surface area contributed by atoms with Crippen LogP contribution in [0.3, 0.4) is 0 Å². The van der Waals surface area contributed by atoms with Gasteiger partial charge in [0.25, 0.3) is 5.91 Å². The number of amides is 1. The van der Waals surface area contributed by atoms with Crippen molar-refractivity contribution < 1.29 is 14.4 Å². The van der Waals surface area contributed by atoms with Crippen molar-refractivity contribution in [2.45, 2.75) is 26.3 Å². The Balaban J connectivity index is 3.52. The summed E-state index contributed by atoms with van der Waals surface area (Å²) in [4.78, 5) is 16.1. The van der Waals surface area contributed by atoms with Gasteiger partial charge in [0.2, 0.25) is 0 Å².